The van der Waals surface area contributed by atoms with E-state index in [1.807, 2.05) is 24.1 Å². The summed E-state index contributed by atoms with van der Waals surface area (Å²) in [5, 5.41) is 3.16. The van der Waals surface area contributed by atoms with Gasteiger partial charge in [0.05, 0.1) is 0 Å². The molecular formula is C13H21N3O. The molecule has 4 nitrogen and oxygen atoms in total. The van der Waals surface area contributed by atoms with Gasteiger partial charge in [0.25, 0.3) is 5.91 Å². The van der Waals surface area contributed by atoms with Gasteiger partial charge in [-0.15, -0.1) is 0 Å². The second-order valence-corrected chi connectivity index (χ2v) is 4.62. The van der Waals surface area contributed by atoms with Crippen LogP contribution in [0.5, 0.6) is 0 Å². The number of piperidine rings is 1. The zero-order valence-corrected chi connectivity index (χ0v) is 10.4. The highest BCUT2D eigenvalue weighted by Gasteiger charge is 2.27. The zero-order chi connectivity index (χ0) is 12.1. The van der Waals surface area contributed by atoms with Crippen LogP contribution in [-0.4, -0.2) is 42.0 Å². The zero-order valence-electron chi connectivity index (χ0n) is 10.4. The van der Waals surface area contributed by atoms with Gasteiger partial charge in [0, 0.05) is 18.8 Å². The van der Waals surface area contributed by atoms with Gasteiger partial charge in [-0.25, -0.2) is 0 Å². The Bertz CT molecular complexity index is 348. The first-order chi connectivity index (χ1) is 8.33. The molecule has 0 saturated carbocycles. The van der Waals surface area contributed by atoms with Gasteiger partial charge in [-0.3, -0.25) is 4.79 Å². The Morgan fingerprint density at radius 2 is 2.47 bits per heavy atom. The third kappa shape index (κ3) is 2.88. The average Bonchev–Trinajstić information content (AvgIpc) is 2.89. The van der Waals surface area contributed by atoms with E-state index in [9.17, 15) is 4.79 Å². The van der Waals surface area contributed by atoms with Crippen molar-refractivity contribution >= 4 is 5.91 Å². The van der Waals surface area contributed by atoms with E-state index in [1.54, 1.807) is 6.20 Å². The highest BCUT2D eigenvalue weighted by atomic mass is 16.2. The molecule has 1 atom stereocenters. The van der Waals surface area contributed by atoms with Gasteiger partial charge >= 0.3 is 0 Å². The van der Waals surface area contributed by atoms with E-state index in [-0.39, 0.29) is 5.91 Å². The van der Waals surface area contributed by atoms with E-state index in [0.717, 1.165) is 32.4 Å². The molecule has 0 aromatic carbocycles. The van der Waals surface area contributed by atoms with Crippen LogP contribution in [0.3, 0.4) is 0 Å². The van der Waals surface area contributed by atoms with Gasteiger partial charge in [-0.05, 0) is 51.4 Å². The summed E-state index contributed by atoms with van der Waals surface area (Å²) in [6, 6.07) is 4.12. The molecule has 2 heterocycles. The number of nitrogens with zero attached hydrogens (tertiary/aromatic N) is 1. The van der Waals surface area contributed by atoms with Crippen LogP contribution in [0.15, 0.2) is 18.3 Å². The third-order valence-corrected chi connectivity index (χ3v) is 3.44. The highest BCUT2D eigenvalue weighted by Crippen LogP contribution is 2.21. The molecule has 0 bridgehead atoms. The lowest BCUT2D eigenvalue weighted by molar-refractivity contribution is 0.0597. The highest BCUT2D eigenvalue weighted by molar-refractivity contribution is 5.92. The lowest BCUT2D eigenvalue weighted by Crippen LogP contribution is -2.44. The fraction of sp³-hybridized carbons (Fsp3) is 0.615. The Labute approximate surface area is 102 Å². The molecule has 4 heteroatoms. The predicted octanol–water partition coefficient (Wildman–Crippen LogP) is 1.62. The minimum absolute atomic E-state index is 0.149. The summed E-state index contributed by atoms with van der Waals surface area (Å²) < 4.78 is 0. The van der Waals surface area contributed by atoms with Crippen LogP contribution in [0.1, 0.15) is 36.2 Å². The van der Waals surface area contributed by atoms with Crippen molar-refractivity contribution in [1.29, 1.82) is 0 Å². The molecule has 94 valence electrons. The molecule has 2 N–H and O–H groups in total. The smallest absolute Gasteiger partial charge is 0.270 e. The first-order valence-electron chi connectivity index (χ1n) is 6.42. The number of aromatic nitrogens is 1. The van der Waals surface area contributed by atoms with E-state index in [1.165, 1.54) is 6.42 Å². The van der Waals surface area contributed by atoms with Crippen molar-refractivity contribution in [2.75, 3.05) is 20.1 Å². The fourth-order valence-electron chi connectivity index (χ4n) is 2.50. The maximum absolute atomic E-state index is 12.3. The van der Waals surface area contributed by atoms with Crippen LogP contribution >= 0.6 is 0 Å². The number of carbonyl (C=O) groups is 1. The maximum Gasteiger partial charge on any atom is 0.270 e. The summed E-state index contributed by atoms with van der Waals surface area (Å²) >= 11 is 0. The average molecular weight is 235 g/mol. The first-order valence-corrected chi connectivity index (χ1v) is 6.42. The van der Waals surface area contributed by atoms with Gasteiger partial charge in [-0.1, -0.05) is 0 Å². The minimum Gasteiger partial charge on any atom is -0.357 e. The molecule has 1 aliphatic rings. The predicted molar refractivity (Wildman–Crippen MR) is 68.0 cm³/mol. The molecule has 0 aliphatic carbocycles. The summed E-state index contributed by atoms with van der Waals surface area (Å²) in [7, 11) is 1.96. The van der Waals surface area contributed by atoms with Crippen LogP contribution in [0.2, 0.25) is 0 Å². The number of carbonyl (C=O) groups excluding carboxylic acids is 1. The number of rotatable bonds is 4. The van der Waals surface area contributed by atoms with Crippen molar-refractivity contribution in [1.82, 2.24) is 15.2 Å². The van der Waals surface area contributed by atoms with Crippen molar-refractivity contribution in [3.05, 3.63) is 24.0 Å². The molecule has 2 rings (SSSR count). The number of hydrogen-bond donors (Lipinski definition) is 2. The van der Waals surface area contributed by atoms with Gasteiger partial charge in [0.15, 0.2) is 0 Å². The number of H-pyrrole nitrogens is 1. The summed E-state index contributed by atoms with van der Waals surface area (Å²) in [6.45, 7) is 1.87. The quantitative estimate of drug-likeness (QED) is 0.833. The van der Waals surface area contributed by atoms with Crippen LogP contribution in [0, 0.1) is 0 Å². The van der Waals surface area contributed by atoms with Crippen molar-refractivity contribution in [2.24, 2.45) is 0 Å². The number of likely N-dealkylation sites (tertiary alicyclic amines) is 1. The Balaban J connectivity index is 2.03. The van der Waals surface area contributed by atoms with Crippen molar-refractivity contribution in [3.63, 3.8) is 0 Å². The summed E-state index contributed by atoms with van der Waals surface area (Å²) in [5.41, 5.74) is 0.710. The molecule has 1 saturated heterocycles. The largest absolute Gasteiger partial charge is 0.357 e. The molecule has 1 fully saturated rings. The van der Waals surface area contributed by atoms with Gasteiger partial charge in [-0.2, -0.15) is 0 Å². The molecule has 1 amide bonds. The van der Waals surface area contributed by atoms with Crippen molar-refractivity contribution in [2.45, 2.75) is 31.7 Å². The second-order valence-electron chi connectivity index (χ2n) is 4.62. The molecule has 1 aromatic heterocycles. The molecule has 0 spiro atoms. The van der Waals surface area contributed by atoms with E-state index in [0.29, 0.717) is 11.7 Å². The monoisotopic (exact) mass is 235 g/mol. The number of hydrogen-bond acceptors (Lipinski definition) is 2. The van der Waals surface area contributed by atoms with E-state index in [4.69, 9.17) is 0 Å². The van der Waals surface area contributed by atoms with Gasteiger partial charge in [0.1, 0.15) is 5.69 Å². The summed E-state index contributed by atoms with van der Waals surface area (Å²) in [4.78, 5) is 17.3. The number of amides is 1. The topological polar surface area (TPSA) is 48.1 Å². The van der Waals surface area contributed by atoms with Crippen LogP contribution in [0.4, 0.5) is 0 Å². The Morgan fingerprint density at radius 3 is 3.18 bits per heavy atom. The van der Waals surface area contributed by atoms with Crippen molar-refractivity contribution in [3.8, 4) is 0 Å². The van der Waals surface area contributed by atoms with Crippen LogP contribution in [0.25, 0.3) is 0 Å². The Hall–Kier alpha value is -1.29. The Morgan fingerprint density at radius 1 is 1.59 bits per heavy atom. The molecule has 1 aromatic rings. The van der Waals surface area contributed by atoms with Gasteiger partial charge in [0.2, 0.25) is 0 Å². The molecule has 17 heavy (non-hydrogen) atoms. The SMILES string of the molecule is CNCCC1CCCCN1C(=O)c1ccc[nH]1. The Kier molecular flexibility index (Phi) is 4.20. The second kappa shape index (κ2) is 5.87. The standard InChI is InChI=1S/C13H21N3O/c1-14-9-7-11-5-2-3-10-16(11)13(17)12-6-4-8-15-12/h4,6,8,11,14-15H,2-3,5,7,9-10H2,1H3. The maximum atomic E-state index is 12.3. The number of nitrogens with one attached hydrogen (secondary N) is 2. The first kappa shape index (κ1) is 12.2. The lowest BCUT2D eigenvalue weighted by Gasteiger charge is -2.35. The molecule has 1 unspecified atom stereocenters. The fourth-order valence-corrected chi connectivity index (χ4v) is 2.50. The number of aromatic amines is 1. The minimum atomic E-state index is 0.149. The van der Waals surface area contributed by atoms with Crippen LogP contribution in [-0.2, 0) is 0 Å². The van der Waals surface area contributed by atoms with Crippen LogP contribution < -0.4 is 5.32 Å². The van der Waals surface area contributed by atoms with Gasteiger partial charge < -0.3 is 15.2 Å². The van der Waals surface area contributed by atoms with E-state index >= 15 is 0 Å². The molecular weight excluding hydrogens is 214 g/mol. The third-order valence-electron chi connectivity index (χ3n) is 3.44. The van der Waals surface area contributed by atoms with Crippen molar-refractivity contribution < 1.29 is 4.79 Å². The van der Waals surface area contributed by atoms with E-state index < -0.39 is 0 Å². The molecule has 0 radical (unpaired) electrons. The van der Waals surface area contributed by atoms with E-state index in [2.05, 4.69) is 10.3 Å². The summed E-state index contributed by atoms with van der Waals surface area (Å²) in [5.74, 6) is 0.149. The summed E-state index contributed by atoms with van der Waals surface area (Å²) in [6.07, 6.45) is 6.35. The lowest BCUT2D eigenvalue weighted by atomic mass is 9.99. The normalized spacial score (nSPS) is 20.5. The molecule has 1 aliphatic heterocycles.